The molecule has 102 valence electrons. The summed E-state index contributed by atoms with van der Waals surface area (Å²) in [5.74, 6) is 0. The van der Waals surface area contributed by atoms with Crippen molar-refractivity contribution in [1.82, 2.24) is 0 Å². The van der Waals surface area contributed by atoms with Gasteiger partial charge >= 0.3 is 0 Å². The summed E-state index contributed by atoms with van der Waals surface area (Å²) in [4.78, 5) is 0. The Balaban J connectivity index is 2.91. The van der Waals surface area contributed by atoms with Crippen LogP contribution >= 0.6 is 0 Å². The summed E-state index contributed by atoms with van der Waals surface area (Å²) in [5.41, 5.74) is 2.54. The van der Waals surface area contributed by atoms with Crippen molar-refractivity contribution in [3.63, 3.8) is 0 Å². The average Bonchev–Trinajstić information content (AvgIpc) is 2.30. The minimum Gasteiger partial charge on any atom is -0.377 e. The summed E-state index contributed by atoms with van der Waals surface area (Å²) in [5, 5.41) is 3.47. The van der Waals surface area contributed by atoms with Gasteiger partial charge in [-0.2, -0.15) is 0 Å². The molecule has 3 heteroatoms. The largest absolute Gasteiger partial charge is 0.377 e. The molecule has 1 aromatic carbocycles. The van der Waals surface area contributed by atoms with Crippen LogP contribution in [0, 0.1) is 0 Å². The second kappa shape index (κ2) is 6.21. The van der Waals surface area contributed by atoms with E-state index in [0.717, 1.165) is 5.69 Å². The maximum absolute atomic E-state index is 5.27. The molecule has 1 aromatic rings. The third-order valence-electron chi connectivity index (χ3n) is 2.99. The number of hydrogen-bond acceptors (Lipinski definition) is 3. The Morgan fingerprint density at radius 1 is 1.06 bits per heavy atom. The fraction of sp³-hybridized carbons (Fsp3) is 0.600. The third kappa shape index (κ3) is 3.72. The van der Waals surface area contributed by atoms with Gasteiger partial charge in [0.15, 0.2) is 6.29 Å². The first-order valence-electron chi connectivity index (χ1n) is 6.31. The zero-order chi connectivity index (χ0) is 13.8. The van der Waals surface area contributed by atoms with Crippen LogP contribution in [-0.2, 0) is 14.9 Å². The second-order valence-electron chi connectivity index (χ2n) is 5.57. The Kier molecular flexibility index (Phi) is 5.17. The van der Waals surface area contributed by atoms with Gasteiger partial charge < -0.3 is 14.8 Å². The first kappa shape index (κ1) is 15.0. The molecule has 1 unspecified atom stereocenters. The highest BCUT2D eigenvalue weighted by Crippen LogP contribution is 2.29. The quantitative estimate of drug-likeness (QED) is 0.814. The summed E-state index contributed by atoms with van der Waals surface area (Å²) >= 11 is 0. The molecule has 0 saturated heterocycles. The Labute approximate surface area is 110 Å². The number of benzene rings is 1. The van der Waals surface area contributed by atoms with E-state index in [2.05, 4.69) is 51.2 Å². The van der Waals surface area contributed by atoms with Gasteiger partial charge in [-0.05, 0) is 24.0 Å². The molecule has 1 N–H and O–H groups in total. The molecular weight excluding hydrogens is 226 g/mol. The third-order valence-corrected chi connectivity index (χ3v) is 2.99. The van der Waals surface area contributed by atoms with Crippen LogP contribution in [0.2, 0.25) is 0 Å². The first-order valence-corrected chi connectivity index (χ1v) is 6.31. The molecule has 0 amide bonds. The van der Waals surface area contributed by atoms with Crippen molar-refractivity contribution < 1.29 is 9.47 Å². The minimum absolute atomic E-state index is 0.0866. The topological polar surface area (TPSA) is 30.5 Å². The predicted octanol–water partition coefficient (Wildman–Crippen LogP) is 3.40. The fourth-order valence-corrected chi connectivity index (χ4v) is 2.08. The lowest BCUT2D eigenvalue weighted by Gasteiger charge is -2.28. The first-order chi connectivity index (χ1) is 8.40. The van der Waals surface area contributed by atoms with Gasteiger partial charge in [-0.15, -0.1) is 0 Å². The van der Waals surface area contributed by atoms with E-state index < -0.39 is 0 Å². The molecule has 0 fully saturated rings. The smallest absolute Gasteiger partial charge is 0.176 e. The van der Waals surface area contributed by atoms with E-state index >= 15 is 0 Å². The van der Waals surface area contributed by atoms with E-state index in [0.29, 0.717) is 0 Å². The molecule has 1 rings (SSSR count). The SMILES string of the molecule is COC(OC)C(C)Nc1ccccc1C(C)(C)C. The van der Waals surface area contributed by atoms with Crippen molar-refractivity contribution in [3.8, 4) is 0 Å². The van der Waals surface area contributed by atoms with E-state index in [1.165, 1.54) is 5.56 Å². The predicted molar refractivity (Wildman–Crippen MR) is 76.0 cm³/mol. The van der Waals surface area contributed by atoms with Crippen molar-refractivity contribution in [1.29, 1.82) is 0 Å². The number of para-hydroxylation sites is 1. The van der Waals surface area contributed by atoms with Crippen LogP contribution in [0.25, 0.3) is 0 Å². The van der Waals surface area contributed by atoms with Gasteiger partial charge in [-0.1, -0.05) is 39.0 Å². The lowest BCUT2D eigenvalue weighted by atomic mass is 9.85. The highest BCUT2D eigenvalue weighted by atomic mass is 16.7. The molecule has 0 aliphatic carbocycles. The van der Waals surface area contributed by atoms with Gasteiger partial charge in [-0.25, -0.2) is 0 Å². The van der Waals surface area contributed by atoms with Crippen LogP contribution < -0.4 is 5.32 Å². The Morgan fingerprint density at radius 2 is 1.61 bits per heavy atom. The monoisotopic (exact) mass is 251 g/mol. The molecule has 0 aliphatic heterocycles. The Bertz CT molecular complexity index is 367. The molecule has 18 heavy (non-hydrogen) atoms. The standard InChI is InChI=1S/C15H25NO2/c1-11(14(17-5)18-6)16-13-10-8-7-9-12(13)15(2,3)4/h7-11,14,16H,1-6H3. The van der Waals surface area contributed by atoms with Gasteiger partial charge in [0.25, 0.3) is 0 Å². The highest BCUT2D eigenvalue weighted by molar-refractivity contribution is 5.54. The molecule has 0 aromatic heterocycles. The van der Waals surface area contributed by atoms with Crippen LogP contribution in [0.4, 0.5) is 5.69 Å². The second-order valence-corrected chi connectivity index (χ2v) is 5.57. The summed E-state index contributed by atoms with van der Waals surface area (Å²) < 4.78 is 10.5. The van der Waals surface area contributed by atoms with Crippen LogP contribution in [0.15, 0.2) is 24.3 Å². The molecule has 0 saturated carbocycles. The van der Waals surface area contributed by atoms with Gasteiger partial charge in [0.2, 0.25) is 0 Å². The number of ether oxygens (including phenoxy) is 2. The molecule has 0 heterocycles. The maximum Gasteiger partial charge on any atom is 0.176 e. The summed E-state index contributed by atoms with van der Waals surface area (Å²) in [6, 6.07) is 8.45. The summed E-state index contributed by atoms with van der Waals surface area (Å²) in [6.07, 6.45) is -0.252. The van der Waals surface area contributed by atoms with Crippen molar-refractivity contribution in [3.05, 3.63) is 29.8 Å². The molecule has 1 atom stereocenters. The minimum atomic E-state index is -0.252. The van der Waals surface area contributed by atoms with Gasteiger partial charge in [0.05, 0.1) is 6.04 Å². The summed E-state index contributed by atoms with van der Waals surface area (Å²) in [6.45, 7) is 8.68. The van der Waals surface area contributed by atoms with Crippen molar-refractivity contribution in [2.45, 2.75) is 45.4 Å². The lowest BCUT2D eigenvalue weighted by Crippen LogP contribution is -2.34. The lowest BCUT2D eigenvalue weighted by molar-refractivity contribution is -0.109. The molecule has 0 spiro atoms. The summed E-state index contributed by atoms with van der Waals surface area (Å²) in [7, 11) is 3.31. The number of nitrogens with one attached hydrogen (secondary N) is 1. The number of rotatable bonds is 5. The van der Waals surface area contributed by atoms with Gasteiger partial charge in [0, 0.05) is 19.9 Å². The molecule has 0 aliphatic rings. The van der Waals surface area contributed by atoms with Crippen molar-refractivity contribution >= 4 is 5.69 Å². The van der Waals surface area contributed by atoms with Crippen LogP contribution in [0.3, 0.4) is 0 Å². The van der Waals surface area contributed by atoms with Crippen molar-refractivity contribution in [2.75, 3.05) is 19.5 Å². The molecule has 3 nitrogen and oxygen atoms in total. The van der Waals surface area contributed by atoms with Crippen LogP contribution in [0.5, 0.6) is 0 Å². The van der Waals surface area contributed by atoms with Crippen LogP contribution in [0.1, 0.15) is 33.3 Å². The zero-order valence-corrected chi connectivity index (χ0v) is 12.3. The van der Waals surface area contributed by atoms with E-state index in [9.17, 15) is 0 Å². The normalized spacial score (nSPS) is 13.7. The maximum atomic E-state index is 5.27. The number of anilines is 1. The Morgan fingerprint density at radius 3 is 2.11 bits per heavy atom. The molecule has 0 radical (unpaired) electrons. The van der Waals surface area contributed by atoms with Crippen LogP contribution in [-0.4, -0.2) is 26.6 Å². The van der Waals surface area contributed by atoms with Gasteiger partial charge in [-0.3, -0.25) is 0 Å². The highest BCUT2D eigenvalue weighted by Gasteiger charge is 2.21. The van der Waals surface area contributed by atoms with E-state index in [1.54, 1.807) is 14.2 Å². The molecular formula is C15H25NO2. The van der Waals surface area contributed by atoms with Gasteiger partial charge in [0.1, 0.15) is 0 Å². The molecule has 0 bridgehead atoms. The number of methoxy groups -OCH3 is 2. The van der Waals surface area contributed by atoms with Crippen molar-refractivity contribution in [2.24, 2.45) is 0 Å². The average molecular weight is 251 g/mol. The Hall–Kier alpha value is -1.06. The van der Waals surface area contributed by atoms with E-state index in [1.807, 2.05) is 6.07 Å². The van der Waals surface area contributed by atoms with E-state index in [-0.39, 0.29) is 17.7 Å². The van der Waals surface area contributed by atoms with E-state index in [4.69, 9.17) is 9.47 Å². The fourth-order valence-electron chi connectivity index (χ4n) is 2.08. The number of hydrogen-bond donors (Lipinski definition) is 1. The zero-order valence-electron chi connectivity index (χ0n) is 12.3.